The van der Waals surface area contributed by atoms with Crippen LogP contribution in [-0.2, 0) is 6.42 Å². The second-order valence-electron chi connectivity index (χ2n) is 7.69. The molecule has 0 saturated carbocycles. The molecule has 0 spiro atoms. The molecule has 3 aromatic rings. The number of carbonyl (C=O) groups is 1. The van der Waals surface area contributed by atoms with Gasteiger partial charge < -0.3 is 10.2 Å². The topological polar surface area (TPSA) is 50.2 Å². The van der Waals surface area contributed by atoms with E-state index in [1.54, 1.807) is 10.9 Å². The van der Waals surface area contributed by atoms with E-state index in [9.17, 15) is 4.79 Å². The number of nitrogens with zero attached hydrogens (tertiary/aromatic N) is 3. The minimum atomic E-state index is -0.157. The number of likely N-dealkylation sites (N-methyl/N-ethyl adjacent to an activating group) is 1. The van der Waals surface area contributed by atoms with E-state index in [-0.39, 0.29) is 11.8 Å². The summed E-state index contributed by atoms with van der Waals surface area (Å²) in [5.74, 6) is -0.0303. The Morgan fingerprint density at radius 1 is 1.10 bits per heavy atom. The summed E-state index contributed by atoms with van der Waals surface area (Å²) in [4.78, 5) is 15.1. The van der Waals surface area contributed by atoms with E-state index in [1.165, 1.54) is 5.56 Å². The van der Waals surface area contributed by atoms with Crippen molar-refractivity contribution in [3.63, 3.8) is 0 Å². The first-order chi connectivity index (χ1) is 13.8. The van der Waals surface area contributed by atoms with Crippen LogP contribution in [0.2, 0.25) is 5.02 Å². The largest absolute Gasteiger partial charge is 0.322 e. The molecule has 0 unspecified atom stereocenters. The molecule has 6 heteroatoms. The van der Waals surface area contributed by atoms with Gasteiger partial charge in [-0.15, -0.1) is 0 Å². The molecule has 0 aliphatic carbocycles. The van der Waals surface area contributed by atoms with Gasteiger partial charge >= 0.3 is 0 Å². The molecule has 1 N–H and O–H groups in total. The van der Waals surface area contributed by atoms with Gasteiger partial charge in [-0.05, 0) is 68.4 Å². The minimum absolute atomic E-state index is 0.127. The molecule has 0 radical (unpaired) electrons. The molecular weight excluding hydrogens is 384 g/mol. The lowest BCUT2D eigenvalue weighted by molar-refractivity contribution is 0.102. The second-order valence-corrected chi connectivity index (χ2v) is 8.13. The number of amides is 1. The second kappa shape index (κ2) is 9.25. The average Bonchev–Trinajstić information content (AvgIpc) is 3.13. The minimum Gasteiger partial charge on any atom is -0.322 e. The molecule has 1 heterocycles. The number of nitrogens with one attached hydrogen (secondary N) is 1. The summed E-state index contributed by atoms with van der Waals surface area (Å²) in [5, 5.41) is 8.12. The van der Waals surface area contributed by atoms with Crippen molar-refractivity contribution in [2.75, 3.05) is 26.0 Å². The summed E-state index contributed by atoms with van der Waals surface area (Å²) in [6, 6.07) is 15.4. The van der Waals surface area contributed by atoms with Crippen LogP contribution < -0.4 is 5.32 Å². The third kappa shape index (κ3) is 5.25. The maximum absolute atomic E-state index is 12.9. The number of benzene rings is 2. The smallest absolute Gasteiger partial charge is 0.259 e. The van der Waals surface area contributed by atoms with E-state index in [0.29, 0.717) is 10.6 Å². The molecule has 0 aliphatic heterocycles. The lowest BCUT2D eigenvalue weighted by Crippen LogP contribution is -2.16. The van der Waals surface area contributed by atoms with Crippen molar-refractivity contribution < 1.29 is 4.79 Å². The van der Waals surface area contributed by atoms with Gasteiger partial charge in [0.2, 0.25) is 0 Å². The first-order valence-electron chi connectivity index (χ1n) is 9.74. The zero-order valence-electron chi connectivity index (χ0n) is 17.3. The Kier molecular flexibility index (Phi) is 6.72. The molecule has 0 bridgehead atoms. The van der Waals surface area contributed by atoms with Gasteiger partial charge in [-0.1, -0.05) is 37.6 Å². The lowest BCUT2D eigenvalue weighted by Gasteiger charge is -2.13. The van der Waals surface area contributed by atoms with Crippen LogP contribution in [0.25, 0.3) is 5.69 Å². The Balaban J connectivity index is 1.79. The fourth-order valence-electron chi connectivity index (χ4n) is 3.18. The van der Waals surface area contributed by atoms with Gasteiger partial charge in [-0.2, -0.15) is 5.10 Å². The third-order valence-corrected chi connectivity index (χ3v) is 4.98. The Labute approximate surface area is 177 Å². The molecule has 2 aromatic carbocycles. The van der Waals surface area contributed by atoms with Gasteiger partial charge in [0, 0.05) is 17.3 Å². The predicted octanol–water partition coefficient (Wildman–Crippen LogP) is 5.01. The highest BCUT2D eigenvalue weighted by Gasteiger charge is 2.21. The summed E-state index contributed by atoms with van der Waals surface area (Å²) in [5.41, 5.74) is 4.34. The molecule has 3 rings (SSSR count). The van der Waals surface area contributed by atoms with Crippen molar-refractivity contribution >= 4 is 23.2 Å². The number of hydrogen-bond donors (Lipinski definition) is 1. The number of anilines is 1. The molecule has 0 atom stereocenters. The predicted molar refractivity (Wildman–Crippen MR) is 119 cm³/mol. The van der Waals surface area contributed by atoms with E-state index in [2.05, 4.69) is 55.4 Å². The van der Waals surface area contributed by atoms with Crippen LogP contribution in [0.1, 0.15) is 41.4 Å². The van der Waals surface area contributed by atoms with E-state index in [4.69, 9.17) is 11.6 Å². The van der Waals surface area contributed by atoms with Crippen LogP contribution in [0, 0.1) is 0 Å². The van der Waals surface area contributed by atoms with Crippen molar-refractivity contribution in [1.82, 2.24) is 14.7 Å². The average molecular weight is 411 g/mol. The van der Waals surface area contributed by atoms with Crippen LogP contribution in [0.5, 0.6) is 0 Å². The third-order valence-electron chi connectivity index (χ3n) is 4.73. The summed E-state index contributed by atoms with van der Waals surface area (Å²) in [6.45, 7) is 5.10. The summed E-state index contributed by atoms with van der Waals surface area (Å²) in [7, 11) is 4.12. The molecule has 0 saturated heterocycles. The standard InChI is InChI=1S/C23H27ClN4O/c1-16(2)22-21(15-25-28(22)20-11-7-18(24)8-12-20)23(29)26-19-9-5-17(6-10-19)13-14-27(3)4/h5-12,15-16H,13-14H2,1-4H3,(H,26,29). The van der Waals surface area contributed by atoms with E-state index in [1.807, 2.05) is 36.4 Å². The number of carbonyl (C=O) groups excluding carboxylic acids is 1. The SMILES string of the molecule is CC(C)c1c(C(=O)Nc2ccc(CCN(C)C)cc2)cnn1-c1ccc(Cl)cc1. The van der Waals surface area contributed by atoms with Gasteiger partial charge in [0.25, 0.3) is 5.91 Å². The van der Waals surface area contributed by atoms with Crippen molar-refractivity contribution in [3.05, 3.63) is 76.6 Å². The highest BCUT2D eigenvalue weighted by molar-refractivity contribution is 6.30. The zero-order chi connectivity index (χ0) is 21.0. The van der Waals surface area contributed by atoms with Gasteiger partial charge in [0.15, 0.2) is 0 Å². The lowest BCUT2D eigenvalue weighted by atomic mass is 10.0. The van der Waals surface area contributed by atoms with Crippen LogP contribution in [-0.4, -0.2) is 41.2 Å². The van der Waals surface area contributed by atoms with Gasteiger partial charge in [0.1, 0.15) is 0 Å². The van der Waals surface area contributed by atoms with Crippen molar-refractivity contribution in [2.24, 2.45) is 0 Å². The quantitative estimate of drug-likeness (QED) is 0.595. The highest BCUT2D eigenvalue weighted by Crippen LogP contribution is 2.25. The van der Waals surface area contributed by atoms with Gasteiger partial charge in [-0.3, -0.25) is 4.79 Å². The van der Waals surface area contributed by atoms with Crippen molar-refractivity contribution in [3.8, 4) is 5.69 Å². The maximum Gasteiger partial charge on any atom is 0.259 e. The van der Waals surface area contributed by atoms with Crippen molar-refractivity contribution in [1.29, 1.82) is 0 Å². The summed E-state index contributed by atoms with van der Waals surface area (Å²) in [6.07, 6.45) is 2.61. The maximum atomic E-state index is 12.9. The van der Waals surface area contributed by atoms with E-state index >= 15 is 0 Å². The van der Waals surface area contributed by atoms with Crippen molar-refractivity contribution in [2.45, 2.75) is 26.2 Å². The first-order valence-corrected chi connectivity index (χ1v) is 10.1. The fraction of sp³-hybridized carbons (Fsp3) is 0.304. The van der Waals surface area contributed by atoms with Crippen LogP contribution in [0.4, 0.5) is 5.69 Å². The van der Waals surface area contributed by atoms with Crippen LogP contribution in [0.15, 0.2) is 54.7 Å². The highest BCUT2D eigenvalue weighted by atomic mass is 35.5. The monoisotopic (exact) mass is 410 g/mol. The molecule has 5 nitrogen and oxygen atoms in total. The molecule has 0 aliphatic rings. The normalized spacial score (nSPS) is 11.3. The summed E-state index contributed by atoms with van der Waals surface area (Å²) >= 11 is 6.00. The Morgan fingerprint density at radius 3 is 2.34 bits per heavy atom. The van der Waals surface area contributed by atoms with Crippen LogP contribution in [0.3, 0.4) is 0 Å². The molecule has 0 fully saturated rings. The molecule has 1 amide bonds. The summed E-state index contributed by atoms with van der Waals surface area (Å²) < 4.78 is 1.81. The number of hydrogen-bond acceptors (Lipinski definition) is 3. The Hall–Kier alpha value is -2.63. The van der Waals surface area contributed by atoms with E-state index in [0.717, 1.165) is 30.0 Å². The molecular formula is C23H27ClN4O. The number of halogens is 1. The number of aromatic nitrogens is 2. The Bertz CT molecular complexity index is 960. The van der Waals surface area contributed by atoms with Gasteiger partial charge in [0.05, 0.1) is 23.1 Å². The van der Waals surface area contributed by atoms with E-state index < -0.39 is 0 Å². The zero-order valence-corrected chi connectivity index (χ0v) is 18.1. The Morgan fingerprint density at radius 2 is 1.76 bits per heavy atom. The number of rotatable bonds is 7. The van der Waals surface area contributed by atoms with Gasteiger partial charge in [-0.25, -0.2) is 4.68 Å². The molecule has 152 valence electrons. The molecule has 29 heavy (non-hydrogen) atoms. The molecule has 1 aromatic heterocycles. The first kappa shape index (κ1) is 21.1. The van der Waals surface area contributed by atoms with Crippen LogP contribution >= 0.6 is 11.6 Å². The fourth-order valence-corrected chi connectivity index (χ4v) is 3.31.